The summed E-state index contributed by atoms with van der Waals surface area (Å²) in [6.07, 6.45) is 1.16. The molecule has 31 heavy (non-hydrogen) atoms. The van der Waals surface area contributed by atoms with E-state index in [4.69, 9.17) is 4.74 Å². The fourth-order valence-corrected chi connectivity index (χ4v) is 3.97. The van der Waals surface area contributed by atoms with Crippen LogP contribution in [0.25, 0.3) is 0 Å². The van der Waals surface area contributed by atoms with Gasteiger partial charge < -0.3 is 15.0 Å². The quantitative estimate of drug-likeness (QED) is 0.720. The van der Waals surface area contributed by atoms with Crippen molar-refractivity contribution in [3.05, 3.63) is 65.0 Å². The van der Waals surface area contributed by atoms with Gasteiger partial charge >= 0.3 is 0 Å². The number of carbonyl (C=O) groups excluding carboxylic acids is 2. The van der Waals surface area contributed by atoms with E-state index in [9.17, 15) is 14.0 Å². The summed E-state index contributed by atoms with van der Waals surface area (Å²) in [7, 11) is 0. The Morgan fingerprint density at radius 3 is 2.61 bits per heavy atom. The van der Waals surface area contributed by atoms with Crippen LogP contribution in [0.1, 0.15) is 56.8 Å². The Balaban J connectivity index is 1.94. The molecule has 1 atom stereocenters. The van der Waals surface area contributed by atoms with E-state index in [1.54, 1.807) is 6.07 Å². The van der Waals surface area contributed by atoms with Gasteiger partial charge in [-0.2, -0.15) is 0 Å². The van der Waals surface area contributed by atoms with Gasteiger partial charge in [-0.15, -0.1) is 0 Å². The van der Waals surface area contributed by atoms with Crippen molar-refractivity contribution in [2.24, 2.45) is 5.92 Å². The molecule has 0 saturated carbocycles. The Morgan fingerprint density at radius 1 is 1.16 bits per heavy atom. The van der Waals surface area contributed by atoms with Crippen LogP contribution in [0.5, 0.6) is 5.75 Å². The summed E-state index contributed by atoms with van der Waals surface area (Å²) in [6.45, 7) is 8.31. The average Bonchev–Trinajstić information content (AvgIpc) is 2.70. The van der Waals surface area contributed by atoms with Gasteiger partial charge in [0.2, 0.25) is 5.91 Å². The second kappa shape index (κ2) is 9.94. The van der Waals surface area contributed by atoms with Crippen molar-refractivity contribution in [2.75, 3.05) is 13.2 Å². The fourth-order valence-electron chi connectivity index (χ4n) is 3.97. The first kappa shape index (κ1) is 22.8. The Bertz CT molecular complexity index is 942. The van der Waals surface area contributed by atoms with Crippen molar-refractivity contribution in [3.8, 4) is 5.75 Å². The van der Waals surface area contributed by atoms with Gasteiger partial charge in [-0.3, -0.25) is 9.59 Å². The molecule has 2 aromatic rings. The van der Waals surface area contributed by atoms with Crippen molar-refractivity contribution in [1.29, 1.82) is 0 Å². The summed E-state index contributed by atoms with van der Waals surface area (Å²) >= 11 is 0. The zero-order valence-electron chi connectivity index (χ0n) is 18.7. The first-order valence-corrected chi connectivity index (χ1v) is 10.8. The number of nitrogens with zero attached hydrogens (tertiary/aromatic N) is 1. The van der Waals surface area contributed by atoms with Crippen molar-refractivity contribution < 1.29 is 18.7 Å². The highest BCUT2D eigenvalue weighted by Crippen LogP contribution is 2.38. The monoisotopic (exact) mass is 426 g/mol. The Labute approximate surface area is 183 Å². The molecule has 3 rings (SSSR count). The van der Waals surface area contributed by atoms with Crippen molar-refractivity contribution in [1.82, 2.24) is 10.2 Å². The molecule has 0 radical (unpaired) electrons. The van der Waals surface area contributed by atoms with Gasteiger partial charge in [-0.1, -0.05) is 32.0 Å². The number of nitrogens with one attached hydrogen (secondary N) is 1. The molecule has 0 spiro atoms. The van der Waals surface area contributed by atoms with Gasteiger partial charge in [0, 0.05) is 19.0 Å². The first-order chi connectivity index (χ1) is 14.7. The lowest BCUT2D eigenvalue weighted by Crippen LogP contribution is -2.41. The molecule has 1 aliphatic rings. The maximum absolute atomic E-state index is 14.1. The molecule has 2 aromatic carbocycles. The maximum atomic E-state index is 14.1. The van der Waals surface area contributed by atoms with E-state index >= 15 is 0 Å². The molecule has 0 aromatic heterocycles. The summed E-state index contributed by atoms with van der Waals surface area (Å²) in [4.78, 5) is 26.8. The van der Waals surface area contributed by atoms with Gasteiger partial charge in [0.15, 0.2) is 6.61 Å². The third-order valence-corrected chi connectivity index (χ3v) is 5.23. The first-order valence-electron chi connectivity index (χ1n) is 10.8. The molecule has 0 fully saturated rings. The molecule has 6 heteroatoms. The van der Waals surface area contributed by atoms with E-state index < -0.39 is 6.04 Å². The molecule has 1 N–H and O–H groups in total. The topological polar surface area (TPSA) is 58.6 Å². The van der Waals surface area contributed by atoms with Gasteiger partial charge in [0.1, 0.15) is 11.6 Å². The predicted octanol–water partition coefficient (Wildman–Crippen LogP) is 4.25. The summed E-state index contributed by atoms with van der Waals surface area (Å²) in [5.41, 5.74) is 2.74. The SMILES string of the molecule is CC(C)CC(=O)N1CCc2ccc(OCC(=O)NC(C)C)cc2C1c1cccc(F)c1. The molecule has 1 heterocycles. The number of halogens is 1. The molecule has 0 aliphatic carbocycles. The largest absolute Gasteiger partial charge is 0.484 e. The van der Waals surface area contributed by atoms with Crippen LogP contribution in [0.4, 0.5) is 4.39 Å². The van der Waals surface area contributed by atoms with Crippen LogP contribution in [0.3, 0.4) is 0 Å². The minimum absolute atomic E-state index is 0.0394. The summed E-state index contributed by atoms with van der Waals surface area (Å²) in [5, 5.41) is 2.80. The van der Waals surface area contributed by atoms with Crippen LogP contribution in [-0.4, -0.2) is 35.9 Å². The zero-order chi connectivity index (χ0) is 22.5. The highest BCUT2D eigenvalue weighted by Gasteiger charge is 2.32. The molecule has 0 saturated heterocycles. The van der Waals surface area contributed by atoms with Gasteiger partial charge in [0.05, 0.1) is 6.04 Å². The summed E-state index contributed by atoms with van der Waals surface area (Å²) in [6, 6.07) is 11.7. The normalized spacial score (nSPS) is 15.7. The van der Waals surface area contributed by atoms with E-state index in [1.807, 2.05) is 56.9 Å². The molecule has 1 unspecified atom stereocenters. The van der Waals surface area contributed by atoms with Gasteiger partial charge in [-0.05, 0) is 67.1 Å². The number of hydrogen-bond donors (Lipinski definition) is 1. The molecule has 166 valence electrons. The molecular weight excluding hydrogens is 395 g/mol. The number of benzene rings is 2. The Kier molecular flexibility index (Phi) is 7.31. The van der Waals surface area contributed by atoms with E-state index in [0.717, 1.165) is 23.1 Å². The van der Waals surface area contributed by atoms with Crippen LogP contribution in [0.15, 0.2) is 42.5 Å². The highest BCUT2D eigenvalue weighted by atomic mass is 19.1. The lowest BCUT2D eigenvalue weighted by Gasteiger charge is -2.38. The van der Waals surface area contributed by atoms with E-state index in [2.05, 4.69) is 5.32 Å². The third-order valence-electron chi connectivity index (χ3n) is 5.23. The number of rotatable bonds is 7. The van der Waals surface area contributed by atoms with Crippen molar-refractivity contribution >= 4 is 11.8 Å². The van der Waals surface area contributed by atoms with Crippen LogP contribution < -0.4 is 10.1 Å². The van der Waals surface area contributed by atoms with Gasteiger partial charge in [-0.25, -0.2) is 4.39 Å². The number of hydrogen-bond acceptors (Lipinski definition) is 3. The number of amides is 2. The Hall–Kier alpha value is -2.89. The van der Waals surface area contributed by atoms with E-state index in [0.29, 0.717) is 18.7 Å². The van der Waals surface area contributed by atoms with Crippen molar-refractivity contribution in [2.45, 2.75) is 52.6 Å². The standard InChI is InChI=1S/C25H31FN2O3/c1-16(2)12-24(30)28-11-10-18-8-9-21(31-15-23(29)27-17(3)4)14-22(18)25(28)19-6-5-7-20(26)13-19/h5-9,13-14,16-17,25H,10-12,15H2,1-4H3,(H,27,29). The van der Waals surface area contributed by atoms with Crippen LogP contribution in [0.2, 0.25) is 0 Å². The molecule has 5 nitrogen and oxygen atoms in total. The summed E-state index contributed by atoms with van der Waals surface area (Å²) < 4.78 is 19.8. The minimum atomic E-state index is -0.390. The maximum Gasteiger partial charge on any atom is 0.258 e. The zero-order valence-corrected chi connectivity index (χ0v) is 18.7. The number of fused-ring (bicyclic) bond motifs is 1. The minimum Gasteiger partial charge on any atom is -0.484 e. The number of ether oxygens (including phenoxy) is 1. The Morgan fingerprint density at radius 2 is 1.94 bits per heavy atom. The lowest BCUT2D eigenvalue weighted by atomic mass is 9.87. The molecule has 0 bridgehead atoms. The predicted molar refractivity (Wildman–Crippen MR) is 118 cm³/mol. The van der Waals surface area contributed by atoms with Crippen molar-refractivity contribution in [3.63, 3.8) is 0 Å². The molecular formula is C25H31FN2O3. The second-order valence-corrected chi connectivity index (χ2v) is 8.76. The van der Waals surface area contributed by atoms with Crippen LogP contribution in [0, 0.1) is 11.7 Å². The smallest absolute Gasteiger partial charge is 0.258 e. The lowest BCUT2D eigenvalue weighted by molar-refractivity contribution is -0.134. The van der Waals surface area contributed by atoms with E-state index in [-0.39, 0.29) is 36.2 Å². The second-order valence-electron chi connectivity index (χ2n) is 8.76. The van der Waals surface area contributed by atoms with Crippen LogP contribution >= 0.6 is 0 Å². The highest BCUT2D eigenvalue weighted by molar-refractivity contribution is 5.78. The molecule has 1 aliphatic heterocycles. The van der Waals surface area contributed by atoms with Gasteiger partial charge in [0.25, 0.3) is 5.91 Å². The number of carbonyl (C=O) groups is 2. The fraction of sp³-hybridized carbons (Fsp3) is 0.440. The van der Waals surface area contributed by atoms with E-state index in [1.165, 1.54) is 12.1 Å². The molecule has 2 amide bonds. The van der Waals surface area contributed by atoms with Crippen LogP contribution in [-0.2, 0) is 16.0 Å². The third kappa shape index (κ3) is 5.84. The summed E-state index contributed by atoms with van der Waals surface area (Å²) in [5.74, 6) is 0.313. The average molecular weight is 427 g/mol.